The molecular formula is C25H26N2O7S. The molecule has 0 fully saturated rings. The van der Waals surface area contributed by atoms with Gasteiger partial charge in [0.2, 0.25) is 0 Å². The van der Waals surface area contributed by atoms with Crippen LogP contribution in [0.5, 0.6) is 0 Å². The topological polar surface area (TPSA) is 125 Å². The zero-order valence-corrected chi connectivity index (χ0v) is 20.4. The molecule has 1 heterocycles. The molecule has 0 radical (unpaired) electrons. The maximum Gasteiger partial charge on any atom is 0.336 e. The quantitative estimate of drug-likeness (QED) is 0.291. The molecule has 2 aromatic carbocycles. The minimum Gasteiger partial charge on any atom is -0.465 e. The van der Waals surface area contributed by atoms with E-state index in [1.165, 1.54) is 18.2 Å². The van der Waals surface area contributed by atoms with Gasteiger partial charge in [0.05, 0.1) is 46.0 Å². The monoisotopic (exact) mass is 498 g/mol. The molecule has 3 rings (SSSR count). The van der Waals surface area contributed by atoms with Crippen LogP contribution in [-0.2, 0) is 29.9 Å². The summed E-state index contributed by atoms with van der Waals surface area (Å²) in [4.78, 5) is 42.2. The highest BCUT2D eigenvalue weighted by Crippen LogP contribution is 2.41. The van der Waals surface area contributed by atoms with E-state index in [0.717, 1.165) is 0 Å². The molecule has 35 heavy (non-hydrogen) atoms. The van der Waals surface area contributed by atoms with Gasteiger partial charge in [0, 0.05) is 28.7 Å². The molecule has 3 unspecified atom stereocenters. The van der Waals surface area contributed by atoms with Crippen molar-refractivity contribution in [3.63, 3.8) is 0 Å². The fourth-order valence-electron chi connectivity index (χ4n) is 4.00. The Kier molecular flexibility index (Phi) is 8.64. The largest absolute Gasteiger partial charge is 0.465 e. The lowest BCUT2D eigenvalue weighted by molar-refractivity contribution is -0.384. The molecule has 1 aliphatic rings. The van der Waals surface area contributed by atoms with Crippen molar-refractivity contribution < 1.29 is 28.2 Å². The van der Waals surface area contributed by atoms with Crippen LogP contribution in [0.4, 0.5) is 5.69 Å². The number of esters is 2. The normalized spacial score (nSPS) is 18.4. The number of benzene rings is 2. The predicted octanol–water partition coefficient (Wildman–Crippen LogP) is 3.96. The summed E-state index contributed by atoms with van der Waals surface area (Å²) in [7, 11) is -1.54. The Morgan fingerprint density at radius 1 is 1.06 bits per heavy atom. The summed E-state index contributed by atoms with van der Waals surface area (Å²) in [6.45, 7) is 5.09. The highest BCUT2D eigenvalue weighted by Gasteiger charge is 2.43. The summed E-state index contributed by atoms with van der Waals surface area (Å²) in [5, 5.41) is 11.4. The van der Waals surface area contributed by atoms with Crippen molar-refractivity contribution in [1.82, 2.24) is 0 Å². The van der Waals surface area contributed by atoms with Crippen molar-refractivity contribution >= 4 is 34.1 Å². The smallest absolute Gasteiger partial charge is 0.336 e. The number of aliphatic imine (C=N–C) groups is 1. The Balaban J connectivity index is 2.22. The first-order valence-corrected chi connectivity index (χ1v) is 12.4. The molecule has 0 spiro atoms. The fourth-order valence-corrected chi connectivity index (χ4v) is 5.10. The second kappa shape index (κ2) is 11.7. The fraction of sp³-hybridized carbons (Fsp3) is 0.320. The first kappa shape index (κ1) is 26.0. The van der Waals surface area contributed by atoms with Crippen LogP contribution in [0.2, 0.25) is 0 Å². The van der Waals surface area contributed by atoms with Crippen molar-refractivity contribution in [2.75, 3.05) is 19.0 Å². The summed E-state index contributed by atoms with van der Waals surface area (Å²) in [6, 6.07) is 14.5. The Morgan fingerprint density at radius 3 is 2.37 bits per heavy atom. The Hall–Kier alpha value is -3.66. The number of nitro groups is 1. The van der Waals surface area contributed by atoms with E-state index in [4.69, 9.17) is 9.47 Å². The van der Waals surface area contributed by atoms with E-state index < -0.39 is 39.5 Å². The molecular weight excluding hydrogens is 472 g/mol. The van der Waals surface area contributed by atoms with Crippen molar-refractivity contribution in [2.45, 2.75) is 31.6 Å². The number of hydrogen-bond acceptors (Lipinski definition) is 8. The number of carbonyl (C=O) groups is 2. The summed E-state index contributed by atoms with van der Waals surface area (Å²) >= 11 is 0. The lowest BCUT2D eigenvalue weighted by atomic mass is 9.75. The third-order valence-corrected chi connectivity index (χ3v) is 6.80. The third kappa shape index (κ3) is 5.89. The average Bonchev–Trinajstić information content (AvgIpc) is 2.84. The van der Waals surface area contributed by atoms with Crippen LogP contribution in [0.3, 0.4) is 0 Å². The van der Waals surface area contributed by atoms with Gasteiger partial charge in [-0.1, -0.05) is 30.3 Å². The van der Waals surface area contributed by atoms with Gasteiger partial charge >= 0.3 is 11.9 Å². The zero-order valence-electron chi connectivity index (χ0n) is 19.6. The van der Waals surface area contributed by atoms with Gasteiger partial charge < -0.3 is 9.47 Å². The molecule has 0 aliphatic carbocycles. The van der Waals surface area contributed by atoms with Crippen molar-refractivity contribution in [3.05, 3.63) is 81.5 Å². The van der Waals surface area contributed by atoms with Gasteiger partial charge in [0.15, 0.2) is 0 Å². The maximum absolute atomic E-state index is 13.2. The number of hydrogen-bond donors (Lipinski definition) is 0. The van der Waals surface area contributed by atoms with Gasteiger partial charge in [-0.25, -0.2) is 4.79 Å². The average molecular weight is 499 g/mol. The number of nitrogens with zero attached hydrogens (tertiary/aromatic N) is 2. The summed E-state index contributed by atoms with van der Waals surface area (Å²) < 4.78 is 23.7. The zero-order chi connectivity index (χ0) is 25.5. The lowest BCUT2D eigenvalue weighted by Gasteiger charge is -2.32. The third-order valence-electron chi connectivity index (χ3n) is 5.47. The highest BCUT2D eigenvalue weighted by molar-refractivity contribution is 7.85. The van der Waals surface area contributed by atoms with Crippen molar-refractivity contribution in [1.29, 1.82) is 0 Å². The summed E-state index contributed by atoms with van der Waals surface area (Å²) in [5.74, 6) is -3.42. The van der Waals surface area contributed by atoms with Gasteiger partial charge in [-0.2, -0.15) is 0 Å². The minimum absolute atomic E-state index is 0.0419. The van der Waals surface area contributed by atoms with Crippen LogP contribution in [0, 0.1) is 16.0 Å². The summed E-state index contributed by atoms with van der Waals surface area (Å²) in [6.07, 6.45) is 0. The Bertz CT molecular complexity index is 1210. The van der Waals surface area contributed by atoms with Crippen molar-refractivity contribution in [3.8, 4) is 0 Å². The van der Waals surface area contributed by atoms with Crippen LogP contribution >= 0.6 is 0 Å². The predicted molar refractivity (Wildman–Crippen MR) is 130 cm³/mol. The van der Waals surface area contributed by atoms with Crippen LogP contribution in [0.25, 0.3) is 0 Å². The van der Waals surface area contributed by atoms with E-state index in [-0.39, 0.29) is 35.9 Å². The number of ether oxygens (including phenoxy) is 2. The van der Waals surface area contributed by atoms with Gasteiger partial charge in [0.25, 0.3) is 5.69 Å². The van der Waals surface area contributed by atoms with E-state index >= 15 is 0 Å². The van der Waals surface area contributed by atoms with Gasteiger partial charge in [-0.15, -0.1) is 0 Å². The van der Waals surface area contributed by atoms with E-state index in [2.05, 4.69) is 4.99 Å². The van der Waals surface area contributed by atoms with Gasteiger partial charge in [0.1, 0.15) is 5.92 Å². The second-order valence-corrected chi connectivity index (χ2v) is 9.15. The van der Waals surface area contributed by atoms with Crippen LogP contribution < -0.4 is 0 Å². The van der Waals surface area contributed by atoms with Gasteiger partial charge in [-0.05, 0) is 38.5 Å². The summed E-state index contributed by atoms with van der Waals surface area (Å²) in [5.41, 5.74) is 0.772. The first-order valence-electron chi connectivity index (χ1n) is 11.1. The Labute approximate surface area is 205 Å². The van der Waals surface area contributed by atoms with E-state index in [9.17, 15) is 23.9 Å². The van der Waals surface area contributed by atoms with Gasteiger partial charge in [-0.3, -0.25) is 24.1 Å². The highest BCUT2D eigenvalue weighted by atomic mass is 32.2. The minimum atomic E-state index is -1.54. The number of non-ortho nitro benzene ring substituents is 1. The van der Waals surface area contributed by atoms with E-state index in [1.807, 2.05) is 0 Å². The van der Waals surface area contributed by atoms with Crippen LogP contribution in [0.1, 0.15) is 32.3 Å². The molecule has 0 saturated heterocycles. The molecule has 2 aromatic rings. The molecule has 9 nitrogen and oxygen atoms in total. The lowest BCUT2D eigenvalue weighted by Crippen LogP contribution is -2.37. The number of rotatable bonds is 9. The van der Waals surface area contributed by atoms with Crippen molar-refractivity contribution in [2.24, 2.45) is 10.9 Å². The van der Waals surface area contributed by atoms with Crippen LogP contribution in [0.15, 0.2) is 75.8 Å². The second-order valence-electron chi connectivity index (χ2n) is 7.70. The molecule has 184 valence electrons. The number of carbonyl (C=O) groups excluding carboxylic acids is 2. The Morgan fingerprint density at radius 2 is 1.74 bits per heavy atom. The maximum atomic E-state index is 13.2. The number of nitro benzene ring substituents is 1. The first-order chi connectivity index (χ1) is 16.8. The molecule has 3 atom stereocenters. The molecule has 0 amide bonds. The molecule has 0 aromatic heterocycles. The van der Waals surface area contributed by atoms with E-state index in [0.29, 0.717) is 16.2 Å². The molecule has 0 saturated carbocycles. The SMILES string of the molecule is CCOC(=O)C1=C(CS(=O)c2ccccc2)N=C(C)C(C(=O)OCC)C1c1cccc([N+](=O)[O-])c1. The molecule has 0 bridgehead atoms. The standard InChI is InChI=1S/C25H26N2O7S/c1-4-33-24(28)21-16(3)26-20(15-35(32)19-12-7-6-8-13-19)23(25(29)34-5-2)22(21)17-10-9-11-18(14-17)27(30)31/h6-14,21-22H,4-5,15H2,1-3H3. The molecule has 1 aliphatic heterocycles. The van der Waals surface area contributed by atoms with Crippen LogP contribution in [-0.4, -0.2) is 45.7 Å². The molecule has 10 heteroatoms. The van der Waals surface area contributed by atoms with E-state index in [1.54, 1.807) is 57.2 Å². The molecule has 0 N–H and O–H groups in total.